The summed E-state index contributed by atoms with van der Waals surface area (Å²) in [6.07, 6.45) is -2.81. The maximum Gasteiger partial charge on any atom is 0.416 e. The highest BCUT2D eigenvalue weighted by atomic mass is 32.2. The van der Waals surface area contributed by atoms with E-state index in [0.717, 1.165) is 12.1 Å². The van der Waals surface area contributed by atoms with Crippen LogP contribution < -0.4 is 4.90 Å². The molecule has 30 heavy (non-hydrogen) atoms. The quantitative estimate of drug-likeness (QED) is 0.721. The number of allylic oxidation sites excluding steroid dienone is 1. The van der Waals surface area contributed by atoms with Gasteiger partial charge < -0.3 is 5.11 Å². The summed E-state index contributed by atoms with van der Waals surface area (Å²) in [6, 6.07) is 12.2. The van der Waals surface area contributed by atoms with E-state index in [0.29, 0.717) is 16.3 Å². The van der Waals surface area contributed by atoms with Crippen LogP contribution in [0.2, 0.25) is 0 Å². The number of carboxylic acid groups (broad SMARTS) is 1. The van der Waals surface area contributed by atoms with E-state index in [1.165, 1.54) is 28.8 Å². The number of carbonyl (C=O) groups is 1. The van der Waals surface area contributed by atoms with Crippen LogP contribution in [0.1, 0.15) is 29.7 Å². The molecule has 0 amide bonds. The molecule has 1 unspecified atom stereocenters. The van der Waals surface area contributed by atoms with Gasteiger partial charge in [0.05, 0.1) is 22.8 Å². The molecular weight excluding hydrogens is 415 g/mol. The van der Waals surface area contributed by atoms with E-state index in [-0.39, 0.29) is 17.0 Å². The predicted molar refractivity (Wildman–Crippen MR) is 109 cm³/mol. The molecule has 1 atom stereocenters. The van der Waals surface area contributed by atoms with Crippen molar-refractivity contribution in [2.75, 3.05) is 11.2 Å². The maximum atomic E-state index is 13.2. The van der Waals surface area contributed by atoms with Crippen LogP contribution in [-0.4, -0.2) is 22.5 Å². The van der Waals surface area contributed by atoms with Gasteiger partial charge in [-0.15, -0.1) is 0 Å². The number of carboxylic acids is 1. The first-order chi connectivity index (χ1) is 14.2. The fourth-order valence-electron chi connectivity index (χ4n) is 3.22. The number of nitrogens with zero attached hydrogens (tertiary/aromatic N) is 3. The average molecular weight is 431 g/mol. The summed E-state index contributed by atoms with van der Waals surface area (Å²) in [7, 11) is 0. The Bertz CT molecular complexity index is 1090. The molecule has 0 bridgehead atoms. The molecule has 0 saturated carbocycles. The number of aliphatic imine (C=N–C) groups is 1. The zero-order chi connectivity index (χ0) is 22.1. The normalized spacial score (nSPS) is 16.9. The lowest BCUT2D eigenvalue weighted by molar-refractivity contribution is -0.137. The molecule has 154 valence electrons. The van der Waals surface area contributed by atoms with Crippen molar-refractivity contribution in [3.63, 3.8) is 0 Å². The average Bonchev–Trinajstić information content (AvgIpc) is 2.72. The Morgan fingerprint density at radius 2 is 1.90 bits per heavy atom. The second kappa shape index (κ2) is 8.24. The van der Waals surface area contributed by atoms with E-state index in [1.807, 2.05) is 6.07 Å². The van der Waals surface area contributed by atoms with Crippen LogP contribution >= 0.6 is 11.8 Å². The Balaban J connectivity index is 2.15. The van der Waals surface area contributed by atoms with Crippen molar-refractivity contribution in [1.82, 2.24) is 0 Å². The highest BCUT2D eigenvalue weighted by Crippen LogP contribution is 2.40. The van der Waals surface area contributed by atoms with Gasteiger partial charge in [-0.3, -0.25) is 4.90 Å². The lowest BCUT2D eigenvalue weighted by Crippen LogP contribution is -2.34. The first-order valence-electron chi connectivity index (χ1n) is 8.70. The molecule has 1 heterocycles. The van der Waals surface area contributed by atoms with E-state index < -0.39 is 23.8 Å². The minimum atomic E-state index is -4.53. The van der Waals surface area contributed by atoms with E-state index in [4.69, 9.17) is 5.26 Å². The van der Waals surface area contributed by atoms with Crippen molar-refractivity contribution in [2.24, 2.45) is 4.99 Å². The zero-order valence-electron chi connectivity index (χ0n) is 15.9. The van der Waals surface area contributed by atoms with Gasteiger partial charge in [-0.05, 0) is 49.1 Å². The summed E-state index contributed by atoms with van der Waals surface area (Å²) in [5, 5.41) is 19.2. The summed E-state index contributed by atoms with van der Waals surface area (Å²) < 4.78 is 39.5. The largest absolute Gasteiger partial charge is 0.478 e. The van der Waals surface area contributed by atoms with Gasteiger partial charge in [0, 0.05) is 11.4 Å². The van der Waals surface area contributed by atoms with Crippen molar-refractivity contribution >= 4 is 28.6 Å². The summed E-state index contributed by atoms with van der Waals surface area (Å²) in [5.74, 6) is -1.22. The predicted octanol–water partition coefficient (Wildman–Crippen LogP) is 5.22. The fourth-order valence-corrected chi connectivity index (χ4v) is 3.85. The molecule has 0 radical (unpaired) electrons. The van der Waals surface area contributed by atoms with E-state index in [2.05, 4.69) is 4.99 Å². The standard InChI is InChI=1S/C21H16F3N3O2S/c1-12-17(19(28)29)18(14-8-6-13(11-25)7-9-14)26-20(30-2)27(12)16-5-3-4-15(10-16)21(22,23)24/h3-10,18H,1-2H3,(H,28,29). The number of nitriles is 1. The van der Waals surface area contributed by atoms with Gasteiger partial charge in [0.2, 0.25) is 0 Å². The molecule has 1 aliphatic heterocycles. The number of benzene rings is 2. The van der Waals surface area contributed by atoms with Crippen LogP contribution in [0.15, 0.2) is 64.8 Å². The molecule has 0 aliphatic carbocycles. The summed E-state index contributed by atoms with van der Waals surface area (Å²) in [5.41, 5.74) is 0.560. The molecule has 1 N–H and O–H groups in total. The van der Waals surface area contributed by atoms with Crippen LogP contribution in [0, 0.1) is 11.3 Å². The maximum absolute atomic E-state index is 13.2. The lowest BCUT2D eigenvalue weighted by atomic mass is 9.95. The Labute approximate surface area is 175 Å². The van der Waals surface area contributed by atoms with Gasteiger partial charge in [-0.2, -0.15) is 18.4 Å². The Kier molecular flexibility index (Phi) is 5.89. The van der Waals surface area contributed by atoms with Crippen molar-refractivity contribution < 1.29 is 23.1 Å². The highest BCUT2D eigenvalue weighted by molar-refractivity contribution is 8.13. The summed E-state index contributed by atoms with van der Waals surface area (Å²) in [4.78, 5) is 18.0. The van der Waals surface area contributed by atoms with E-state index in [1.54, 1.807) is 37.4 Å². The number of thioether (sulfide) groups is 1. The second-order valence-corrected chi connectivity index (χ2v) is 7.21. The molecule has 1 aliphatic rings. The third-order valence-electron chi connectivity index (χ3n) is 4.63. The molecule has 5 nitrogen and oxygen atoms in total. The number of alkyl halides is 3. The van der Waals surface area contributed by atoms with Crippen molar-refractivity contribution in [1.29, 1.82) is 5.26 Å². The van der Waals surface area contributed by atoms with Crippen molar-refractivity contribution in [3.05, 3.63) is 76.5 Å². The number of amidine groups is 1. The number of aliphatic carboxylic acids is 1. The molecule has 0 aromatic heterocycles. The fraction of sp³-hybridized carbons (Fsp3) is 0.190. The molecular formula is C21H16F3N3O2S. The minimum Gasteiger partial charge on any atom is -0.478 e. The van der Waals surface area contributed by atoms with Gasteiger partial charge in [-0.1, -0.05) is 30.0 Å². The van der Waals surface area contributed by atoms with Crippen LogP contribution in [0.4, 0.5) is 18.9 Å². The first-order valence-corrected chi connectivity index (χ1v) is 9.93. The van der Waals surface area contributed by atoms with Crippen LogP contribution in [-0.2, 0) is 11.0 Å². The van der Waals surface area contributed by atoms with E-state index in [9.17, 15) is 23.1 Å². The zero-order valence-corrected chi connectivity index (χ0v) is 16.8. The summed E-state index contributed by atoms with van der Waals surface area (Å²) >= 11 is 1.20. The second-order valence-electron chi connectivity index (χ2n) is 6.44. The van der Waals surface area contributed by atoms with Gasteiger partial charge in [0.1, 0.15) is 6.04 Å². The van der Waals surface area contributed by atoms with Crippen LogP contribution in [0.3, 0.4) is 0 Å². The van der Waals surface area contributed by atoms with Gasteiger partial charge in [0.15, 0.2) is 5.17 Å². The molecule has 2 aromatic rings. The molecule has 0 spiro atoms. The molecule has 2 aromatic carbocycles. The SMILES string of the molecule is CSC1=NC(c2ccc(C#N)cc2)C(C(=O)O)=C(C)N1c1cccc(C(F)(F)F)c1. The number of rotatable bonds is 3. The number of halogens is 3. The Hall–Kier alpha value is -3.25. The highest BCUT2D eigenvalue weighted by Gasteiger charge is 2.35. The molecule has 9 heteroatoms. The minimum absolute atomic E-state index is 0.0464. The van der Waals surface area contributed by atoms with E-state index >= 15 is 0 Å². The third-order valence-corrected chi connectivity index (χ3v) is 5.28. The number of anilines is 1. The topological polar surface area (TPSA) is 76.7 Å². The molecule has 3 rings (SSSR count). The number of hydrogen-bond donors (Lipinski definition) is 1. The smallest absolute Gasteiger partial charge is 0.416 e. The third kappa shape index (κ3) is 4.04. The van der Waals surface area contributed by atoms with Gasteiger partial charge in [-0.25, -0.2) is 9.79 Å². The van der Waals surface area contributed by atoms with Gasteiger partial charge >= 0.3 is 12.1 Å². The summed E-state index contributed by atoms with van der Waals surface area (Å²) in [6.45, 7) is 1.55. The van der Waals surface area contributed by atoms with Crippen LogP contribution in [0.25, 0.3) is 0 Å². The monoisotopic (exact) mass is 431 g/mol. The van der Waals surface area contributed by atoms with Crippen molar-refractivity contribution in [2.45, 2.75) is 19.1 Å². The number of hydrogen-bond acceptors (Lipinski definition) is 5. The van der Waals surface area contributed by atoms with Crippen molar-refractivity contribution in [3.8, 4) is 6.07 Å². The first kappa shape index (κ1) is 21.5. The van der Waals surface area contributed by atoms with Crippen LogP contribution in [0.5, 0.6) is 0 Å². The Morgan fingerprint density at radius 3 is 2.43 bits per heavy atom. The Morgan fingerprint density at radius 1 is 1.23 bits per heavy atom. The molecule has 0 fully saturated rings. The lowest BCUT2D eigenvalue weighted by Gasteiger charge is -2.34. The van der Waals surface area contributed by atoms with Gasteiger partial charge in [0.25, 0.3) is 0 Å². The molecule has 0 saturated heterocycles.